The molecule has 1 unspecified atom stereocenters. The molecule has 2 aliphatic rings. The molecule has 1 aromatic rings. The summed E-state index contributed by atoms with van der Waals surface area (Å²) in [5.74, 6) is 0.190. The van der Waals surface area contributed by atoms with Gasteiger partial charge in [-0.15, -0.1) is 0 Å². The molecule has 1 heterocycles. The summed E-state index contributed by atoms with van der Waals surface area (Å²) >= 11 is 6.05. The number of hydrogen-bond acceptors (Lipinski definition) is 1. The molecule has 1 N–H and O–H groups in total. The van der Waals surface area contributed by atoms with Gasteiger partial charge in [0.15, 0.2) is 0 Å². The summed E-state index contributed by atoms with van der Waals surface area (Å²) in [4.78, 5) is 12.1. The molecule has 0 bridgehead atoms. The van der Waals surface area contributed by atoms with Crippen LogP contribution in [0.25, 0.3) is 0 Å². The van der Waals surface area contributed by atoms with Crippen LogP contribution in [0.2, 0.25) is 5.02 Å². The average molecular weight is 236 g/mol. The van der Waals surface area contributed by atoms with Gasteiger partial charge in [0.1, 0.15) is 0 Å². The fourth-order valence-electron chi connectivity index (χ4n) is 3.10. The zero-order chi connectivity index (χ0) is 11.2. The summed E-state index contributed by atoms with van der Waals surface area (Å²) < 4.78 is 0. The Labute approximate surface area is 100.0 Å². The van der Waals surface area contributed by atoms with E-state index in [1.54, 1.807) is 0 Å². The molecule has 1 spiro atoms. The van der Waals surface area contributed by atoms with Gasteiger partial charge in [0.25, 0.3) is 0 Å². The summed E-state index contributed by atoms with van der Waals surface area (Å²) in [5, 5.41) is 3.69. The fourth-order valence-corrected chi connectivity index (χ4v) is 3.27. The Balaban J connectivity index is 2.18. The van der Waals surface area contributed by atoms with E-state index >= 15 is 0 Å². The molecule has 3 rings (SSSR count). The lowest BCUT2D eigenvalue weighted by Crippen LogP contribution is -2.38. The molecule has 0 saturated carbocycles. The van der Waals surface area contributed by atoms with Crippen molar-refractivity contribution < 1.29 is 4.79 Å². The normalized spacial score (nSPS) is 27.9. The van der Waals surface area contributed by atoms with Crippen LogP contribution < -0.4 is 5.32 Å². The molecular formula is C13H14ClNO. The van der Waals surface area contributed by atoms with Crippen LogP contribution in [0.3, 0.4) is 0 Å². The molecule has 1 aliphatic heterocycles. The molecule has 1 fully saturated rings. The van der Waals surface area contributed by atoms with Gasteiger partial charge in [0.05, 0.1) is 5.41 Å². The summed E-state index contributed by atoms with van der Waals surface area (Å²) in [6.45, 7) is 0.796. The number of amides is 1. The first-order valence-electron chi connectivity index (χ1n) is 5.80. The molecule has 0 radical (unpaired) electrons. The minimum absolute atomic E-state index is 0.190. The van der Waals surface area contributed by atoms with E-state index in [-0.39, 0.29) is 11.3 Å². The molecule has 1 saturated heterocycles. The van der Waals surface area contributed by atoms with Crippen molar-refractivity contribution in [3.8, 4) is 0 Å². The standard InChI is InChI=1S/C13H14ClNO/c14-10-4-3-9-2-1-5-13(11(9)8-10)6-7-15-12(13)16/h3-4,8H,1-2,5-7H2,(H,15,16). The van der Waals surface area contributed by atoms with Gasteiger partial charge >= 0.3 is 0 Å². The van der Waals surface area contributed by atoms with E-state index in [1.165, 1.54) is 11.1 Å². The van der Waals surface area contributed by atoms with Gasteiger partial charge in [-0.3, -0.25) is 4.79 Å². The van der Waals surface area contributed by atoms with Crippen LogP contribution in [0.1, 0.15) is 30.4 Å². The Morgan fingerprint density at radius 3 is 2.94 bits per heavy atom. The number of halogens is 1. The van der Waals surface area contributed by atoms with Gasteiger partial charge < -0.3 is 5.32 Å². The smallest absolute Gasteiger partial charge is 0.230 e. The van der Waals surface area contributed by atoms with E-state index < -0.39 is 0 Å². The lowest BCUT2D eigenvalue weighted by Gasteiger charge is -2.33. The van der Waals surface area contributed by atoms with Gasteiger partial charge in [0, 0.05) is 11.6 Å². The van der Waals surface area contributed by atoms with E-state index in [0.29, 0.717) is 0 Å². The fraction of sp³-hybridized carbons (Fsp3) is 0.462. The first-order chi connectivity index (χ1) is 7.72. The Morgan fingerprint density at radius 2 is 2.19 bits per heavy atom. The third-order valence-electron chi connectivity index (χ3n) is 3.91. The minimum Gasteiger partial charge on any atom is -0.355 e. The van der Waals surface area contributed by atoms with E-state index in [2.05, 4.69) is 11.4 Å². The Bertz CT molecular complexity index is 457. The van der Waals surface area contributed by atoms with Crippen LogP contribution >= 0.6 is 11.6 Å². The minimum atomic E-state index is -0.279. The molecule has 16 heavy (non-hydrogen) atoms. The number of hydrogen-bond donors (Lipinski definition) is 1. The van der Waals surface area contributed by atoms with Crippen molar-refractivity contribution in [3.05, 3.63) is 34.3 Å². The highest BCUT2D eigenvalue weighted by molar-refractivity contribution is 6.30. The Hall–Kier alpha value is -1.02. The lowest BCUT2D eigenvalue weighted by molar-refractivity contribution is -0.124. The number of carbonyl (C=O) groups is 1. The van der Waals surface area contributed by atoms with Crippen molar-refractivity contribution in [2.45, 2.75) is 31.1 Å². The third-order valence-corrected chi connectivity index (χ3v) is 4.14. The molecule has 1 amide bonds. The third kappa shape index (κ3) is 1.29. The summed E-state index contributed by atoms with van der Waals surface area (Å²) in [5.41, 5.74) is 2.19. The van der Waals surface area contributed by atoms with Crippen molar-refractivity contribution in [2.24, 2.45) is 0 Å². The second-order valence-corrected chi connectivity index (χ2v) is 5.18. The summed E-state index contributed by atoms with van der Waals surface area (Å²) in [7, 11) is 0. The second kappa shape index (κ2) is 3.49. The quantitative estimate of drug-likeness (QED) is 0.735. The zero-order valence-electron chi connectivity index (χ0n) is 9.05. The van der Waals surface area contributed by atoms with Crippen molar-refractivity contribution in [1.82, 2.24) is 5.32 Å². The van der Waals surface area contributed by atoms with Gasteiger partial charge in [-0.05, 0) is 48.9 Å². The Kier molecular flexibility index (Phi) is 2.21. The summed E-state index contributed by atoms with van der Waals surface area (Å²) in [6, 6.07) is 5.98. The van der Waals surface area contributed by atoms with Crippen LogP contribution in [-0.2, 0) is 16.6 Å². The molecular weight excluding hydrogens is 222 g/mol. The van der Waals surface area contributed by atoms with Crippen LogP contribution in [0.4, 0.5) is 0 Å². The van der Waals surface area contributed by atoms with Crippen LogP contribution in [-0.4, -0.2) is 12.5 Å². The van der Waals surface area contributed by atoms with Gasteiger partial charge in [-0.1, -0.05) is 17.7 Å². The molecule has 1 atom stereocenters. The average Bonchev–Trinajstić information content (AvgIpc) is 2.63. The van der Waals surface area contributed by atoms with Gasteiger partial charge in [-0.25, -0.2) is 0 Å². The zero-order valence-corrected chi connectivity index (χ0v) is 9.81. The van der Waals surface area contributed by atoms with Crippen molar-refractivity contribution >= 4 is 17.5 Å². The SMILES string of the molecule is O=C1NCCC12CCCc1ccc(Cl)cc12. The topological polar surface area (TPSA) is 29.1 Å². The highest BCUT2D eigenvalue weighted by atomic mass is 35.5. The predicted molar refractivity (Wildman–Crippen MR) is 63.7 cm³/mol. The molecule has 2 nitrogen and oxygen atoms in total. The number of nitrogens with one attached hydrogen (secondary N) is 1. The van der Waals surface area contributed by atoms with Crippen LogP contribution in [0.15, 0.2) is 18.2 Å². The molecule has 3 heteroatoms. The molecule has 84 valence electrons. The van der Waals surface area contributed by atoms with Gasteiger partial charge in [-0.2, -0.15) is 0 Å². The van der Waals surface area contributed by atoms with Crippen molar-refractivity contribution in [3.63, 3.8) is 0 Å². The van der Waals surface area contributed by atoms with E-state index in [0.717, 1.165) is 37.3 Å². The maximum atomic E-state index is 12.1. The van der Waals surface area contributed by atoms with Gasteiger partial charge in [0.2, 0.25) is 5.91 Å². The Morgan fingerprint density at radius 1 is 1.31 bits per heavy atom. The number of fused-ring (bicyclic) bond motifs is 2. The maximum Gasteiger partial charge on any atom is 0.230 e. The van der Waals surface area contributed by atoms with Crippen molar-refractivity contribution in [1.29, 1.82) is 0 Å². The first kappa shape index (κ1) is 10.2. The number of aryl methyl sites for hydroxylation is 1. The maximum absolute atomic E-state index is 12.1. The highest BCUT2D eigenvalue weighted by Gasteiger charge is 2.46. The van der Waals surface area contributed by atoms with E-state index in [4.69, 9.17) is 11.6 Å². The van der Waals surface area contributed by atoms with Crippen molar-refractivity contribution in [2.75, 3.05) is 6.54 Å². The second-order valence-electron chi connectivity index (χ2n) is 4.74. The first-order valence-corrected chi connectivity index (χ1v) is 6.17. The monoisotopic (exact) mass is 235 g/mol. The number of carbonyl (C=O) groups excluding carboxylic acids is 1. The number of rotatable bonds is 0. The molecule has 1 aromatic carbocycles. The highest BCUT2D eigenvalue weighted by Crippen LogP contribution is 2.43. The molecule has 1 aliphatic carbocycles. The van der Waals surface area contributed by atoms with E-state index in [9.17, 15) is 4.79 Å². The molecule has 0 aromatic heterocycles. The van der Waals surface area contributed by atoms with Crippen LogP contribution in [0.5, 0.6) is 0 Å². The summed E-state index contributed by atoms with van der Waals surface area (Å²) in [6.07, 6.45) is 4.05. The number of benzene rings is 1. The van der Waals surface area contributed by atoms with E-state index in [1.807, 2.05) is 12.1 Å². The van der Waals surface area contributed by atoms with Crippen LogP contribution in [0, 0.1) is 0 Å². The largest absolute Gasteiger partial charge is 0.355 e. The lowest BCUT2D eigenvalue weighted by atomic mass is 9.69. The predicted octanol–water partition coefficient (Wildman–Crippen LogP) is 2.43.